The Morgan fingerprint density at radius 1 is 0.773 bits per heavy atom. The van der Waals surface area contributed by atoms with E-state index >= 15 is 0 Å². The quantitative estimate of drug-likeness (QED) is 0.835. The van der Waals surface area contributed by atoms with Crippen LogP contribution >= 0.6 is 0 Å². The van der Waals surface area contributed by atoms with Crippen LogP contribution in [0.1, 0.15) is 22.3 Å². The standard InChI is InChI=1S/C18H15NO2.H3N/c1-11-7-6-10-14(12(11)2)16-15(17(20)19-18(16)21)13-8-4-3-5-9-13;/h3-10H,1-2H3,(H,19,20,21);1H3. The zero-order valence-electron chi connectivity index (χ0n) is 12.6. The number of rotatable bonds is 2. The van der Waals surface area contributed by atoms with Gasteiger partial charge in [0.25, 0.3) is 11.8 Å². The highest BCUT2D eigenvalue weighted by atomic mass is 16.2. The highest BCUT2D eigenvalue weighted by Crippen LogP contribution is 2.33. The van der Waals surface area contributed by atoms with Crippen LogP contribution < -0.4 is 11.5 Å². The Morgan fingerprint density at radius 2 is 1.41 bits per heavy atom. The van der Waals surface area contributed by atoms with E-state index < -0.39 is 0 Å². The van der Waals surface area contributed by atoms with Gasteiger partial charge in [0.2, 0.25) is 0 Å². The predicted octanol–water partition coefficient (Wildman–Crippen LogP) is 3.03. The molecule has 0 atom stereocenters. The maximum absolute atomic E-state index is 12.2. The second kappa shape index (κ2) is 5.95. The minimum atomic E-state index is -0.331. The van der Waals surface area contributed by atoms with E-state index in [1.54, 1.807) is 0 Å². The van der Waals surface area contributed by atoms with E-state index in [1.807, 2.05) is 62.4 Å². The van der Waals surface area contributed by atoms with Crippen molar-refractivity contribution in [2.75, 3.05) is 0 Å². The largest absolute Gasteiger partial charge is 0.344 e. The molecule has 0 unspecified atom stereocenters. The van der Waals surface area contributed by atoms with Crippen LogP contribution in [0.5, 0.6) is 0 Å². The van der Waals surface area contributed by atoms with E-state index in [1.165, 1.54) is 0 Å². The molecular weight excluding hydrogens is 276 g/mol. The third-order valence-corrected chi connectivity index (χ3v) is 3.87. The van der Waals surface area contributed by atoms with Crippen LogP contribution in [0, 0.1) is 13.8 Å². The van der Waals surface area contributed by atoms with E-state index in [-0.39, 0.29) is 18.0 Å². The number of aryl methyl sites for hydroxylation is 1. The van der Waals surface area contributed by atoms with E-state index in [2.05, 4.69) is 5.32 Å². The van der Waals surface area contributed by atoms with Crippen molar-refractivity contribution in [2.45, 2.75) is 13.8 Å². The molecule has 0 aromatic heterocycles. The summed E-state index contributed by atoms with van der Waals surface area (Å²) in [6.45, 7) is 3.96. The van der Waals surface area contributed by atoms with Gasteiger partial charge in [-0.2, -0.15) is 0 Å². The van der Waals surface area contributed by atoms with Gasteiger partial charge < -0.3 is 6.15 Å². The van der Waals surface area contributed by atoms with Crippen LogP contribution in [-0.2, 0) is 9.59 Å². The molecule has 1 aliphatic rings. The van der Waals surface area contributed by atoms with Crippen LogP contribution in [0.4, 0.5) is 0 Å². The summed E-state index contributed by atoms with van der Waals surface area (Å²) in [5.41, 5.74) is 4.61. The molecule has 3 rings (SSSR count). The first kappa shape index (κ1) is 15.7. The first-order valence-electron chi connectivity index (χ1n) is 6.81. The Hall–Kier alpha value is -2.72. The van der Waals surface area contributed by atoms with E-state index in [4.69, 9.17) is 0 Å². The van der Waals surface area contributed by atoms with Crippen molar-refractivity contribution < 1.29 is 9.59 Å². The van der Waals surface area contributed by atoms with Gasteiger partial charge in [-0.15, -0.1) is 0 Å². The summed E-state index contributed by atoms with van der Waals surface area (Å²) >= 11 is 0. The normalized spacial score (nSPS) is 13.9. The molecule has 0 fully saturated rings. The van der Waals surface area contributed by atoms with Crippen molar-refractivity contribution in [1.82, 2.24) is 11.5 Å². The van der Waals surface area contributed by atoms with Gasteiger partial charge in [0, 0.05) is 0 Å². The summed E-state index contributed by atoms with van der Waals surface area (Å²) in [7, 11) is 0. The zero-order chi connectivity index (χ0) is 15.0. The van der Waals surface area contributed by atoms with Crippen molar-refractivity contribution in [2.24, 2.45) is 0 Å². The third kappa shape index (κ3) is 2.44. The lowest BCUT2D eigenvalue weighted by molar-refractivity contribution is -0.122. The van der Waals surface area contributed by atoms with Crippen molar-refractivity contribution in [3.63, 3.8) is 0 Å². The van der Waals surface area contributed by atoms with Crippen molar-refractivity contribution in [3.05, 3.63) is 70.8 Å². The maximum atomic E-state index is 12.2. The molecule has 112 valence electrons. The first-order valence-corrected chi connectivity index (χ1v) is 6.81. The van der Waals surface area contributed by atoms with E-state index in [0.717, 1.165) is 22.3 Å². The van der Waals surface area contributed by atoms with Crippen LogP contribution in [0.2, 0.25) is 0 Å². The monoisotopic (exact) mass is 294 g/mol. The van der Waals surface area contributed by atoms with Crippen molar-refractivity contribution in [1.29, 1.82) is 0 Å². The minimum Gasteiger partial charge on any atom is -0.344 e. The Balaban J connectivity index is 0.00000176. The fourth-order valence-corrected chi connectivity index (χ4v) is 2.61. The molecule has 22 heavy (non-hydrogen) atoms. The molecule has 0 spiro atoms. The number of hydrogen-bond acceptors (Lipinski definition) is 3. The second-order valence-electron chi connectivity index (χ2n) is 5.15. The average Bonchev–Trinajstić information content (AvgIpc) is 2.77. The SMILES string of the molecule is Cc1cccc(C2=C(c3ccccc3)C(=O)NC2=O)c1C.N. The van der Waals surface area contributed by atoms with Gasteiger partial charge in [-0.3, -0.25) is 14.9 Å². The van der Waals surface area contributed by atoms with Gasteiger partial charge >= 0.3 is 0 Å². The number of amides is 2. The van der Waals surface area contributed by atoms with Gasteiger partial charge in [0.15, 0.2) is 0 Å². The van der Waals surface area contributed by atoms with Gasteiger partial charge in [0.1, 0.15) is 0 Å². The molecule has 1 heterocycles. The average molecular weight is 294 g/mol. The molecular formula is C18H18N2O2. The highest BCUT2D eigenvalue weighted by molar-refractivity contribution is 6.49. The summed E-state index contributed by atoms with van der Waals surface area (Å²) in [6, 6.07) is 15.1. The Bertz CT molecular complexity index is 777. The van der Waals surface area contributed by atoms with Crippen LogP contribution in [0.15, 0.2) is 48.5 Å². The number of benzene rings is 2. The highest BCUT2D eigenvalue weighted by Gasteiger charge is 2.32. The second-order valence-corrected chi connectivity index (χ2v) is 5.15. The number of hydrogen-bond donors (Lipinski definition) is 2. The molecule has 4 nitrogen and oxygen atoms in total. The molecule has 0 bridgehead atoms. The fraction of sp³-hybridized carbons (Fsp3) is 0.111. The number of nitrogens with one attached hydrogen (secondary N) is 1. The lowest BCUT2D eigenvalue weighted by Gasteiger charge is -2.10. The summed E-state index contributed by atoms with van der Waals surface area (Å²) in [5, 5.41) is 2.41. The summed E-state index contributed by atoms with van der Waals surface area (Å²) in [5.74, 6) is -0.658. The predicted molar refractivity (Wildman–Crippen MR) is 87.3 cm³/mol. The Morgan fingerprint density at radius 3 is 2.09 bits per heavy atom. The molecule has 0 saturated carbocycles. The van der Waals surface area contributed by atoms with Crippen LogP contribution in [0.25, 0.3) is 11.1 Å². The fourth-order valence-electron chi connectivity index (χ4n) is 2.61. The molecule has 1 aliphatic heterocycles. The number of carbonyl (C=O) groups is 2. The number of imide groups is 1. The molecule has 0 saturated heterocycles. The zero-order valence-corrected chi connectivity index (χ0v) is 12.6. The molecule has 4 heteroatoms. The Labute approximate surface area is 129 Å². The summed E-state index contributed by atoms with van der Waals surface area (Å²) in [4.78, 5) is 24.4. The van der Waals surface area contributed by atoms with Crippen LogP contribution in [0.3, 0.4) is 0 Å². The first-order chi connectivity index (χ1) is 10.1. The molecule has 0 aliphatic carbocycles. The van der Waals surface area contributed by atoms with Crippen molar-refractivity contribution in [3.8, 4) is 0 Å². The smallest absolute Gasteiger partial charge is 0.259 e. The molecule has 2 aromatic rings. The summed E-state index contributed by atoms with van der Waals surface area (Å²) in [6.07, 6.45) is 0. The topological polar surface area (TPSA) is 81.2 Å². The maximum Gasteiger partial charge on any atom is 0.259 e. The number of carbonyl (C=O) groups excluding carboxylic acids is 2. The van der Waals surface area contributed by atoms with Crippen LogP contribution in [-0.4, -0.2) is 11.8 Å². The van der Waals surface area contributed by atoms with Gasteiger partial charge in [-0.05, 0) is 36.1 Å². The lowest BCUT2D eigenvalue weighted by Crippen LogP contribution is -2.22. The van der Waals surface area contributed by atoms with Crippen molar-refractivity contribution >= 4 is 23.0 Å². The molecule has 0 radical (unpaired) electrons. The van der Waals surface area contributed by atoms with Gasteiger partial charge in [-0.1, -0.05) is 48.5 Å². The van der Waals surface area contributed by atoms with E-state index in [9.17, 15) is 9.59 Å². The minimum absolute atomic E-state index is 0. The lowest BCUT2D eigenvalue weighted by atomic mass is 9.92. The molecule has 2 aromatic carbocycles. The summed E-state index contributed by atoms with van der Waals surface area (Å²) < 4.78 is 0. The third-order valence-electron chi connectivity index (χ3n) is 3.87. The molecule has 4 N–H and O–H groups in total. The molecule has 2 amide bonds. The van der Waals surface area contributed by atoms with Gasteiger partial charge in [-0.25, -0.2) is 0 Å². The van der Waals surface area contributed by atoms with Gasteiger partial charge in [0.05, 0.1) is 11.1 Å². The Kier molecular flexibility index (Phi) is 4.24. The van der Waals surface area contributed by atoms with E-state index in [0.29, 0.717) is 11.1 Å².